The highest BCUT2D eigenvalue weighted by Crippen LogP contribution is 2.64. The van der Waals surface area contributed by atoms with Gasteiger partial charge < -0.3 is 4.74 Å². The van der Waals surface area contributed by atoms with Crippen LogP contribution in [0.5, 0.6) is 11.5 Å². The third-order valence-electron chi connectivity index (χ3n) is 12.8. The van der Waals surface area contributed by atoms with E-state index < -0.39 is 5.41 Å². The van der Waals surface area contributed by atoms with Crippen LogP contribution in [0.1, 0.15) is 44.5 Å². The fraction of sp³-hybridized carbons (Fsp3) is 0.0357. The van der Waals surface area contributed by atoms with Crippen LogP contribution < -0.4 is 4.74 Å². The molecule has 1 heterocycles. The molecule has 1 heteroatoms. The summed E-state index contributed by atoms with van der Waals surface area (Å²) in [7, 11) is 0. The molecular formula is C56H36O. The summed E-state index contributed by atoms with van der Waals surface area (Å²) < 4.78 is 6.74. The van der Waals surface area contributed by atoms with Gasteiger partial charge in [-0.15, -0.1) is 0 Å². The molecule has 0 N–H and O–H groups in total. The Labute approximate surface area is 333 Å². The molecule has 0 unspecified atom stereocenters. The number of benzene rings is 9. The Morgan fingerprint density at radius 1 is 0.263 bits per heavy atom. The van der Waals surface area contributed by atoms with E-state index in [1.54, 1.807) is 0 Å². The van der Waals surface area contributed by atoms with Crippen LogP contribution in [0.4, 0.5) is 0 Å². The first-order chi connectivity index (χ1) is 28.3. The number of para-hydroxylation sites is 1. The minimum absolute atomic E-state index is 0.375. The Bertz CT molecular complexity index is 2960. The summed E-state index contributed by atoms with van der Waals surface area (Å²) in [5.41, 5.74) is 19.2. The lowest BCUT2D eigenvalue weighted by atomic mass is 9.63. The van der Waals surface area contributed by atoms with E-state index in [-0.39, 0.29) is 5.41 Å². The van der Waals surface area contributed by atoms with Crippen molar-refractivity contribution in [3.05, 3.63) is 263 Å². The molecule has 1 nitrogen and oxygen atoms in total. The fourth-order valence-electron chi connectivity index (χ4n) is 10.6. The highest BCUT2D eigenvalue weighted by Gasteiger charge is 2.52. The maximum atomic E-state index is 6.74. The third kappa shape index (κ3) is 4.29. The molecule has 3 aliphatic rings. The van der Waals surface area contributed by atoms with Gasteiger partial charge in [0, 0.05) is 11.1 Å². The monoisotopic (exact) mass is 724 g/mol. The molecule has 0 saturated heterocycles. The third-order valence-corrected chi connectivity index (χ3v) is 12.8. The van der Waals surface area contributed by atoms with Crippen molar-refractivity contribution >= 4 is 0 Å². The predicted molar refractivity (Wildman–Crippen MR) is 232 cm³/mol. The topological polar surface area (TPSA) is 9.23 Å². The molecule has 0 bridgehead atoms. The summed E-state index contributed by atoms with van der Waals surface area (Å²) in [6.45, 7) is 0. The summed E-state index contributed by atoms with van der Waals surface area (Å²) in [6.07, 6.45) is 0. The van der Waals surface area contributed by atoms with Gasteiger partial charge in [-0.1, -0.05) is 194 Å². The van der Waals surface area contributed by atoms with Crippen LogP contribution in [0.2, 0.25) is 0 Å². The number of fused-ring (bicyclic) bond motifs is 12. The molecule has 0 atom stereocenters. The quantitative estimate of drug-likeness (QED) is 0.176. The molecule has 0 aromatic heterocycles. The first-order valence-corrected chi connectivity index (χ1v) is 19.8. The number of hydrogen-bond donors (Lipinski definition) is 0. The minimum atomic E-state index is -0.577. The number of hydrogen-bond acceptors (Lipinski definition) is 1. The van der Waals surface area contributed by atoms with Gasteiger partial charge in [0.2, 0.25) is 0 Å². The number of ether oxygens (including phenoxy) is 1. The summed E-state index contributed by atoms with van der Waals surface area (Å²) in [5, 5.41) is 0. The average molecular weight is 725 g/mol. The van der Waals surface area contributed by atoms with E-state index in [1.807, 2.05) is 0 Å². The van der Waals surface area contributed by atoms with E-state index in [2.05, 4.69) is 218 Å². The molecule has 1 aliphatic heterocycles. The molecule has 12 rings (SSSR count). The maximum absolute atomic E-state index is 6.74. The van der Waals surface area contributed by atoms with Gasteiger partial charge in [-0.05, 0) is 102 Å². The molecule has 9 aromatic rings. The Morgan fingerprint density at radius 2 is 0.737 bits per heavy atom. The van der Waals surface area contributed by atoms with E-state index in [0.29, 0.717) is 0 Å². The summed E-state index contributed by atoms with van der Waals surface area (Å²) >= 11 is 0. The lowest BCUT2D eigenvalue weighted by molar-refractivity contribution is 0.434. The van der Waals surface area contributed by atoms with Gasteiger partial charge in [0.05, 0.1) is 10.8 Å². The molecule has 266 valence electrons. The second-order valence-corrected chi connectivity index (χ2v) is 15.5. The van der Waals surface area contributed by atoms with Crippen molar-refractivity contribution < 1.29 is 4.74 Å². The van der Waals surface area contributed by atoms with Gasteiger partial charge in [0.25, 0.3) is 0 Å². The molecule has 0 amide bonds. The van der Waals surface area contributed by atoms with E-state index in [9.17, 15) is 0 Å². The summed E-state index contributed by atoms with van der Waals surface area (Å²) in [6, 6.07) is 80.3. The van der Waals surface area contributed by atoms with E-state index in [1.165, 1.54) is 72.3 Å². The summed E-state index contributed by atoms with van der Waals surface area (Å²) in [5.74, 6) is 1.76. The van der Waals surface area contributed by atoms with E-state index in [4.69, 9.17) is 4.74 Å². The molecule has 0 radical (unpaired) electrons. The van der Waals surface area contributed by atoms with E-state index >= 15 is 0 Å². The minimum Gasteiger partial charge on any atom is -0.457 e. The molecule has 0 fully saturated rings. The molecule has 2 aliphatic carbocycles. The zero-order chi connectivity index (χ0) is 37.6. The Hall–Kier alpha value is -7.22. The van der Waals surface area contributed by atoms with Crippen LogP contribution in [-0.2, 0) is 10.8 Å². The van der Waals surface area contributed by atoms with Crippen LogP contribution >= 0.6 is 0 Å². The van der Waals surface area contributed by atoms with Crippen molar-refractivity contribution in [2.45, 2.75) is 10.8 Å². The standard InChI is InChI=1S/C56H36O/c1-3-19-40(20-4-1)55(41-21-5-2-6-22-41)49-30-13-14-32-52(49)57-53-34-33-38(36-51(53)55)37-17-15-18-39(35-37)42-26-16-31-50-54(42)45-25-9-12-29-48(45)56(50)46-27-10-7-23-43(46)44-24-8-11-28-47(44)56/h1-36H. The summed E-state index contributed by atoms with van der Waals surface area (Å²) in [4.78, 5) is 0. The highest BCUT2D eigenvalue weighted by molar-refractivity contribution is 6.00. The van der Waals surface area contributed by atoms with Gasteiger partial charge in [-0.2, -0.15) is 0 Å². The van der Waals surface area contributed by atoms with Gasteiger partial charge >= 0.3 is 0 Å². The predicted octanol–water partition coefficient (Wildman–Crippen LogP) is 13.9. The van der Waals surface area contributed by atoms with Crippen molar-refractivity contribution in [3.63, 3.8) is 0 Å². The van der Waals surface area contributed by atoms with Crippen LogP contribution in [-0.4, -0.2) is 0 Å². The van der Waals surface area contributed by atoms with Gasteiger partial charge in [0.1, 0.15) is 11.5 Å². The molecule has 1 spiro atoms. The zero-order valence-corrected chi connectivity index (χ0v) is 31.2. The largest absolute Gasteiger partial charge is 0.457 e. The average Bonchev–Trinajstić information content (AvgIpc) is 3.76. The lowest BCUT2D eigenvalue weighted by Crippen LogP contribution is -2.34. The smallest absolute Gasteiger partial charge is 0.132 e. The van der Waals surface area contributed by atoms with Gasteiger partial charge in [0.15, 0.2) is 0 Å². The first-order valence-electron chi connectivity index (χ1n) is 19.8. The second kappa shape index (κ2) is 12.1. The van der Waals surface area contributed by atoms with Crippen molar-refractivity contribution in [2.24, 2.45) is 0 Å². The van der Waals surface area contributed by atoms with Crippen LogP contribution in [0.3, 0.4) is 0 Å². The van der Waals surface area contributed by atoms with Crippen LogP contribution in [0.15, 0.2) is 218 Å². The van der Waals surface area contributed by atoms with Crippen molar-refractivity contribution in [1.82, 2.24) is 0 Å². The first kappa shape index (κ1) is 32.1. The maximum Gasteiger partial charge on any atom is 0.132 e. The fourth-order valence-corrected chi connectivity index (χ4v) is 10.6. The van der Waals surface area contributed by atoms with Crippen molar-refractivity contribution in [3.8, 4) is 56.0 Å². The molecule has 9 aromatic carbocycles. The van der Waals surface area contributed by atoms with Gasteiger partial charge in [-0.3, -0.25) is 0 Å². The number of rotatable bonds is 4. The molecule has 0 saturated carbocycles. The SMILES string of the molecule is c1ccc(C2(c3ccccc3)c3ccccc3Oc3ccc(-c4cccc(-c5cccc6c5-c5ccccc5C65c6ccccc6-c6ccccc65)c4)cc32)cc1. The highest BCUT2D eigenvalue weighted by atomic mass is 16.5. The Balaban J connectivity index is 1.06. The van der Waals surface area contributed by atoms with Gasteiger partial charge in [-0.25, -0.2) is 0 Å². The second-order valence-electron chi connectivity index (χ2n) is 15.5. The normalized spacial score (nSPS) is 14.4. The lowest BCUT2D eigenvalue weighted by Gasteiger charge is -2.41. The molecular weight excluding hydrogens is 689 g/mol. The van der Waals surface area contributed by atoms with Crippen molar-refractivity contribution in [1.29, 1.82) is 0 Å². The Kier molecular flexibility index (Phi) is 6.83. The van der Waals surface area contributed by atoms with Crippen LogP contribution in [0, 0.1) is 0 Å². The molecule has 57 heavy (non-hydrogen) atoms. The van der Waals surface area contributed by atoms with E-state index in [0.717, 1.165) is 28.2 Å². The van der Waals surface area contributed by atoms with Crippen LogP contribution in [0.25, 0.3) is 44.5 Å². The van der Waals surface area contributed by atoms with Crippen molar-refractivity contribution in [2.75, 3.05) is 0 Å². The zero-order valence-electron chi connectivity index (χ0n) is 31.2. The Morgan fingerprint density at radius 3 is 1.42 bits per heavy atom.